The van der Waals surface area contributed by atoms with Crippen LogP contribution in [-0.4, -0.2) is 57.1 Å². The van der Waals surface area contributed by atoms with Crippen molar-refractivity contribution in [1.82, 2.24) is 14.9 Å². The lowest BCUT2D eigenvalue weighted by atomic mass is 10.0. The van der Waals surface area contributed by atoms with Crippen LogP contribution in [0.5, 0.6) is 0 Å². The van der Waals surface area contributed by atoms with Gasteiger partial charge in [0.1, 0.15) is 6.04 Å². The maximum Gasteiger partial charge on any atom is 0.241 e. The van der Waals surface area contributed by atoms with Gasteiger partial charge in [-0.1, -0.05) is 13.8 Å². The Kier molecular flexibility index (Phi) is 5.30. The van der Waals surface area contributed by atoms with Gasteiger partial charge in [0.25, 0.3) is 0 Å². The average molecular weight is 291 g/mol. The first-order valence-corrected chi connectivity index (χ1v) is 8.11. The van der Waals surface area contributed by atoms with E-state index in [1.807, 2.05) is 13.8 Å². The number of piperazine rings is 1. The molecular formula is C11H21N3O4S. The minimum atomic E-state index is -3.46. The van der Waals surface area contributed by atoms with E-state index in [-0.39, 0.29) is 24.3 Å². The minimum absolute atomic E-state index is 0.0150. The third kappa shape index (κ3) is 5.56. The average Bonchev–Trinajstić information content (AvgIpc) is 2.24. The van der Waals surface area contributed by atoms with Crippen LogP contribution < -0.4 is 10.0 Å². The van der Waals surface area contributed by atoms with E-state index < -0.39 is 16.1 Å². The van der Waals surface area contributed by atoms with Crippen molar-refractivity contribution < 1.29 is 18.0 Å². The number of carbonyl (C=O) groups is 2. The summed E-state index contributed by atoms with van der Waals surface area (Å²) in [5.74, 6) is -0.391. The zero-order valence-electron chi connectivity index (χ0n) is 11.5. The maximum absolute atomic E-state index is 12.3. The second kappa shape index (κ2) is 6.33. The minimum Gasteiger partial charge on any atom is -0.353 e. The van der Waals surface area contributed by atoms with Crippen LogP contribution in [0.2, 0.25) is 0 Å². The molecule has 0 aromatic carbocycles. The molecule has 1 rings (SSSR count). The van der Waals surface area contributed by atoms with E-state index in [0.717, 1.165) is 6.26 Å². The largest absolute Gasteiger partial charge is 0.353 e. The molecule has 2 N–H and O–H groups in total. The molecule has 2 amide bonds. The Hall–Kier alpha value is -1.15. The molecule has 0 unspecified atom stereocenters. The Morgan fingerprint density at radius 3 is 2.58 bits per heavy atom. The van der Waals surface area contributed by atoms with Gasteiger partial charge in [0.2, 0.25) is 21.8 Å². The van der Waals surface area contributed by atoms with Crippen LogP contribution in [0.4, 0.5) is 0 Å². The lowest BCUT2D eigenvalue weighted by Crippen LogP contribution is -2.56. The number of sulfonamides is 1. The Labute approximate surface area is 113 Å². The SMILES string of the molecule is CC(C)C[C@H](NS(C)(=O)=O)C(=O)N1CCNC(=O)C1. The van der Waals surface area contributed by atoms with E-state index in [1.165, 1.54) is 4.90 Å². The lowest BCUT2D eigenvalue weighted by molar-refractivity contribution is -0.139. The van der Waals surface area contributed by atoms with E-state index in [2.05, 4.69) is 10.0 Å². The molecule has 7 nitrogen and oxygen atoms in total. The zero-order chi connectivity index (χ0) is 14.6. The fourth-order valence-corrected chi connectivity index (χ4v) is 2.69. The highest BCUT2D eigenvalue weighted by Gasteiger charge is 2.30. The van der Waals surface area contributed by atoms with E-state index in [4.69, 9.17) is 0 Å². The Balaban J connectivity index is 2.78. The topological polar surface area (TPSA) is 95.6 Å². The normalized spacial score (nSPS) is 18.3. The van der Waals surface area contributed by atoms with Gasteiger partial charge in [0.15, 0.2) is 0 Å². The van der Waals surface area contributed by atoms with E-state index in [0.29, 0.717) is 19.5 Å². The van der Waals surface area contributed by atoms with Gasteiger partial charge in [0, 0.05) is 13.1 Å². The number of amides is 2. The van der Waals surface area contributed by atoms with Gasteiger partial charge in [0.05, 0.1) is 12.8 Å². The number of hydrogen-bond acceptors (Lipinski definition) is 4. The predicted molar refractivity (Wildman–Crippen MR) is 70.8 cm³/mol. The summed E-state index contributed by atoms with van der Waals surface area (Å²) in [6.45, 7) is 4.61. The second-order valence-electron chi connectivity index (χ2n) is 5.18. The van der Waals surface area contributed by atoms with E-state index >= 15 is 0 Å². The molecule has 0 radical (unpaired) electrons. The smallest absolute Gasteiger partial charge is 0.241 e. The molecule has 1 fully saturated rings. The molecule has 1 saturated heterocycles. The Bertz CT molecular complexity index is 447. The number of nitrogens with zero attached hydrogens (tertiary/aromatic N) is 1. The zero-order valence-corrected chi connectivity index (χ0v) is 12.3. The highest BCUT2D eigenvalue weighted by atomic mass is 32.2. The highest BCUT2D eigenvalue weighted by Crippen LogP contribution is 2.10. The molecule has 0 aromatic heterocycles. The number of hydrogen-bond donors (Lipinski definition) is 2. The van der Waals surface area contributed by atoms with Crippen LogP contribution in [0.1, 0.15) is 20.3 Å². The van der Waals surface area contributed by atoms with Gasteiger partial charge >= 0.3 is 0 Å². The summed E-state index contributed by atoms with van der Waals surface area (Å²) in [5, 5.41) is 2.62. The van der Waals surface area contributed by atoms with Crippen molar-refractivity contribution in [2.75, 3.05) is 25.9 Å². The molecule has 19 heavy (non-hydrogen) atoms. The van der Waals surface area contributed by atoms with Crippen molar-refractivity contribution in [3.8, 4) is 0 Å². The van der Waals surface area contributed by atoms with Crippen molar-refractivity contribution in [2.45, 2.75) is 26.3 Å². The Morgan fingerprint density at radius 2 is 2.11 bits per heavy atom. The third-order valence-corrected chi connectivity index (χ3v) is 3.42. The monoisotopic (exact) mass is 291 g/mol. The molecule has 110 valence electrons. The molecule has 1 heterocycles. The van der Waals surface area contributed by atoms with Crippen molar-refractivity contribution in [2.24, 2.45) is 5.92 Å². The van der Waals surface area contributed by atoms with Gasteiger partial charge in [-0.05, 0) is 12.3 Å². The number of nitrogens with one attached hydrogen (secondary N) is 2. The number of carbonyl (C=O) groups excluding carboxylic acids is 2. The summed E-state index contributed by atoms with van der Waals surface area (Å²) in [5.41, 5.74) is 0. The summed E-state index contributed by atoms with van der Waals surface area (Å²) in [6.07, 6.45) is 1.43. The van der Waals surface area contributed by atoms with Crippen LogP contribution in [0, 0.1) is 5.92 Å². The van der Waals surface area contributed by atoms with Gasteiger partial charge < -0.3 is 10.2 Å². The van der Waals surface area contributed by atoms with Crippen molar-refractivity contribution in [3.05, 3.63) is 0 Å². The summed E-state index contributed by atoms with van der Waals surface area (Å²) in [7, 11) is -3.46. The molecule has 8 heteroatoms. The first kappa shape index (κ1) is 15.9. The van der Waals surface area contributed by atoms with Gasteiger partial charge in [-0.3, -0.25) is 9.59 Å². The van der Waals surface area contributed by atoms with Crippen LogP contribution in [0.25, 0.3) is 0 Å². The molecule has 0 bridgehead atoms. The van der Waals surface area contributed by atoms with Crippen molar-refractivity contribution >= 4 is 21.8 Å². The van der Waals surface area contributed by atoms with E-state index in [9.17, 15) is 18.0 Å². The first-order chi connectivity index (χ1) is 8.69. The molecular weight excluding hydrogens is 270 g/mol. The van der Waals surface area contributed by atoms with Crippen LogP contribution in [0.15, 0.2) is 0 Å². The molecule has 0 saturated carbocycles. The quantitative estimate of drug-likeness (QED) is 0.673. The highest BCUT2D eigenvalue weighted by molar-refractivity contribution is 7.88. The standard InChI is InChI=1S/C11H21N3O4S/c1-8(2)6-9(13-19(3,17)18)11(16)14-5-4-12-10(15)7-14/h8-9,13H,4-7H2,1-3H3,(H,12,15)/t9-/m0/s1. The fraction of sp³-hybridized carbons (Fsp3) is 0.818. The Morgan fingerprint density at radius 1 is 1.47 bits per heavy atom. The summed E-state index contributed by atoms with van der Waals surface area (Å²) < 4.78 is 25.0. The molecule has 0 aromatic rings. The van der Waals surface area contributed by atoms with Crippen LogP contribution in [-0.2, 0) is 19.6 Å². The van der Waals surface area contributed by atoms with Crippen LogP contribution >= 0.6 is 0 Å². The predicted octanol–water partition coefficient (Wildman–Crippen LogP) is -1.09. The van der Waals surface area contributed by atoms with Crippen molar-refractivity contribution in [3.63, 3.8) is 0 Å². The second-order valence-corrected chi connectivity index (χ2v) is 6.96. The summed E-state index contributed by atoms with van der Waals surface area (Å²) in [6, 6.07) is -0.805. The first-order valence-electron chi connectivity index (χ1n) is 6.22. The van der Waals surface area contributed by atoms with Gasteiger partial charge in [-0.25, -0.2) is 13.1 Å². The third-order valence-electron chi connectivity index (χ3n) is 2.71. The molecule has 0 spiro atoms. The van der Waals surface area contributed by atoms with Crippen molar-refractivity contribution in [1.29, 1.82) is 0 Å². The fourth-order valence-electron chi connectivity index (χ4n) is 1.98. The van der Waals surface area contributed by atoms with Gasteiger partial charge in [-0.2, -0.15) is 0 Å². The summed E-state index contributed by atoms with van der Waals surface area (Å²) in [4.78, 5) is 24.9. The number of rotatable bonds is 5. The van der Waals surface area contributed by atoms with E-state index in [1.54, 1.807) is 0 Å². The molecule has 1 atom stereocenters. The molecule has 1 aliphatic rings. The van der Waals surface area contributed by atoms with Gasteiger partial charge in [-0.15, -0.1) is 0 Å². The molecule has 1 aliphatic heterocycles. The maximum atomic E-state index is 12.3. The lowest BCUT2D eigenvalue weighted by Gasteiger charge is -2.30. The van der Waals surface area contributed by atoms with Crippen LogP contribution in [0.3, 0.4) is 0 Å². The molecule has 0 aliphatic carbocycles. The summed E-state index contributed by atoms with van der Waals surface area (Å²) >= 11 is 0.